The minimum absolute atomic E-state index is 0.0151. The van der Waals surface area contributed by atoms with Crippen molar-refractivity contribution in [3.05, 3.63) is 98.4 Å². The van der Waals surface area contributed by atoms with Crippen molar-refractivity contribution in [1.29, 1.82) is 0 Å². The van der Waals surface area contributed by atoms with Crippen LogP contribution in [0.5, 0.6) is 11.5 Å². The maximum Gasteiger partial charge on any atom is 0.355 e. The van der Waals surface area contributed by atoms with Crippen LogP contribution >= 0.6 is 22.9 Å². The molecule has 0 spiro atoms. The van der Waals surface area contributed by atoms with Gasteiger partial charge in [-0.3, -0.25) is 14.9 Å². The van der Waals surface area contributed by atoms with Gasteiger partial charge in [-0.05, 0) is 42.0 Å². The lowest BCUT2D eigenvalue weighted by Crippen LogP contribution is -2.24. The lowest BCUT2D eigenvalue weighted by molar-refractivity contribution is -0.385. The summed E-state index contributed by atoms with van der Waals surface area (Å²) in [5.74, 6) is -0.838. The van der Waals surface area contributed by atoms with Crippen LogP contribution in [0.2, 0.25) is 5.02 Å². The van der Waals surface area contributed by atoms with E-state index < -0.39 is 23.4 Å². The van der Waals surface area contributed by atoms with E-state index >= 15 is 0 Å². The number of nitro benzene ring substituents is 1. The van der Waals surface area contributed by atoms with Gasteiger partial charge in [-0.25, -0.2) is 10.2 Å². The van der Waals surface area contributed by atoms with Crippen LogP contribution in [0.25, 0.3) is 10.1 Å². The number of nitrogens with zero attached hydrogens (tertiary/aromatic N) is 2. The van der Waals surface area contributed by atoms with Crippen LogP contribution in [0.3, 0.4) is 0 Å². The number of para-hydroxylation sites is 2. The van der Waals surface area contributed by atoms with Crippen LogP contribution in [0, 0.1) is 10.1 Å². The van der Waals surface area contributed by atoms with Crippen LogP contribution in [-0.2, 0) is 4.79 Å². The van der Waals surface area contributed by atoms with Gasteiger partial charge in [0.1, 0.15) is 10.6 Å². The molecule has 0 aliphatic rings. The number of hydrogen-bond donors (Lipinski definition) is 1. The normalized spacial score (nSPS) is 10.9. The number of halogens is 1. The summed E-state index contributed by atoms with van der Waals surface area (Å²) in [5, 5.41) is 16.0. The molecule has 0 fully saturated rings. The van der Waals surface area contributed by atoms with E-state index in [4.69, 9.17) is 21.1 Å². The van der Waals surface area contributed by atoms with Crippen LogP contribution < -0.4 is 14.9 Å². The summed E-state index contributed by atoms with van der Waals surface area (Å²) in [7, 11) is 0. The lowest BCUT2D eigenvalue weighted by Gasteiger charge is -2.05. The molecule has 4 aromatic rings. The fourth-order valence-corrected chi connectivity index (χ4v) is 4.39. The Morgan fingerprint density at radius 2 is 1.77 bits per heavy atom. The second kappa shape index (κ2) is 10.8. The van der Waals surface area contributed by atoms with Crippen LogP contribution in [-0.4, -0.2) is 29.6 Å². The van der Waals surface area contributed by atoms with E-state index in [9.17, 15) is 19.7 Å². The first kappa shape index (κ1) is 23.9. The van der Waals surface area contributed by atoms with Crippen molar-refractivity contribution in [3.8, 4) is 11.5 Å². The third-order valence-corrected chi connectivity index (χ3v) is 6.29. The Hall–Kier alpha value is -4.28. The molecule has 1 N–H and O–H groups in total. The summed E-state index contributed by atoms with van der Waals surface area (Å²) >= 11 is 7.59. The minimum atomic E-state index is -0.594. The molecule has 176 valence electrons. The minimum Gasteiger partial charge on any atom is -0.477 e. The fourth-order valence-electron chi connectivity index (χ4n) is 3.01. The van der Waals surface area contributed by atoms with Crippen molar-refractivity contribution < 1.29 is 24.0 Å². The summed E-state index contributed by atoms with van der Waals surface area (Å²) < 4.78 is 11.5. The van der Waals surface area contributed by atoms with E-state index in [0.29, 0.717) is 21.2 Å². The molecule has 0 aliphatic heterocycles. The Labute approximate surface area is 207 Å². The number of nitro groups is 1. The zero-order valence-electron chi connectivity index (χ0n) is 17.8. The molecule has 0 atom stereocenters. The van der Waals surface area contributed by atoms with Gasteiger partial charge < -0.3 is 9.47 Å². The van der Waals surface area contributed by atoms with Gasteiger partial charge in [-0.2, -0.15) is 5.10 Å². The molecule has 0 aliphatic carbocycles. The van der Waals surface area contributed by atoms with Gasteiger partial charge in [-0.15, -0.1) is 11.3 Å². The molecule has 9 nitrogen and oxygen atoms in total. The van der Waals surface area contributed by atoms with E-state index in [2.05, 4.69) is 10.5 Å². The number of ether oxygens (including phenoxy) is 2. The second-order valence-electron chi connectivity index (χ2n) is 7.01. The number of hydrogen-bond acceptors (Lipinski definition) is 8. The summed E-state index contributed by atoms with van der Waals surface area (Å²) in [4.78, 5) is 35.1. The highest BCUT2D eigenvalue weighted by Crippen LogP contribution is 2.35. The first-order chi connectivity index (χ1) is 16.9. The van der Waals surface area contributed by atoms with Crippen molar-refractivity contribution in [2.24, 2.45) is 5.10 Å². The molecule has 0 saturated heterocycles. The van der Waals surface area contributed by atoms with Crippen molar-refractivity contribution in [3.63, 3.8) is 0 Å². The SMILES string of the molecule is O=C(COc1ccccc1[N+](=O)[O-])N/N=C\c1ccc(OC(=O)c2sc3ccccc3c2Cl)cc1. The Morgan fingerprint density at radius 3 is 2.51 bits per heavy atom. The number of carbonyl (C=O) groups is 2. The molecule has 35 heavy (non-hydrogen) atoms. The van der Waals surface area contributed by atoms with Crippen molar-refractivity contribution in [2.45, 2.75) is 0 Å². The van der Waals surface area contributed by atoms with Gasteiger partial charge in [0.25, 0.3) is 5.91 Å². The molecule has 1 aromatic heterocycles. The third-order valence-electron chi connectivity index (χ3n) is 4.63. The highest BCUT2D eigenvalue weighted by Gasteiger charge is 2.19. The quantitative estimate of drug-likeness (QED) is 0.114. The Kier molecular flexibility index (Phi) is 7.34. The van der Waals surface area contributed by atoms with Crippen molar-refractivity contribution >= 4 is 56.8 Å². The number of benzene rings is 3. The molecule has 11 heteroatoms. The smallest absolute Gasteiger partial charge is 0.355 e. The molecular formula is C24H16ClN3O6S. The van der Waals surface area contributed by atoms with E-state index in [1.54, 1.807) is 30.3 Å². The van der Waals surface area contributed by atoms with E-state index in [1.807, 2.05) is 24.3 Å². The predicted molar refractivity (Wildman–Crippen MR) is 133 cm³/mol. The topological polar surface area (TPSA) is 120 Å². The molecule has 3 aromatic carbocycles. The average molecular weight is 510 g/mol. The number of thiophene rings is 1. The van der Waals surface area contributed by atoms with Gasteiger partial charge >= 0.3 is 11.7 Å². The fraction of sp³-hybridized carbons (Fsp3) is 0.0417. The van der Waals surface area contributed by atoms with Gasteiger partial charge in [-0.1, -0.05) is 41.9 Å². The monoisotopic (exact) mass is 509 g/mol. The average Bonchev–Trinajstić information content (AvgIpc) is 3.20. The highest BCUT2D eigenvalue weighted by molar-refractivity contribution is 7.21. The van der Waals surface area contributed by atoms with Crippen molar-refractivity contribution in [2.75, 3.05) is 6.61 Å². The zero-order valence-corrected chi connectivity index (χ0v) is 19.4. The molecule has 0 bridgehead atoms. The van der Waals surface area contributed by atoms with Crippen LogP contribution in [0.15, 0.2) is 77.9 Å². The number of amides is 1. The maximum absolute atomic E-state index is 12.5. The van der Waals surface area contributed by atoms with Gasteiger partial charge in [0.05, 0.1) is 16.2 Å². The summed E-state index contributed by atoms with van der Waals surface area (Å²) in [6.07, 6.45) is 1.39. The van der Waals surface area contributed by atoms with Gasteiger partial charge in [0, 0.05) is 16.2 Å². The predicted octanol–water partition coefficient (Wildman–Crippen LogP) is 5.21. The van der Waals surface area contributed by atoms with E-state index in [1.165, 1.54) is 35.8 Å². The zero-order chi connectivity index (χ0) is 24.8. The standard InChI is InChI=1S/C24H16ClN3O6S/c25-22-17-5-1-4-8-20(17)35-23(22)24(30)34-16-11-9-15(10-12-16)13-26-27-21(29)14-33-19-7-3-2-6-18(19)28(31)32/h1-13H,14H2,(H,27,29)/b26-13-. The molecule has 1 heterocycles. The number of esters is 1. The summed E-state index contributed by atoms with van der Waals surface area (Å²) in [5.41, 5.74) is 2.67. The second-order valence-corrected chi connectivity index (χ2v) is 8.44. The number of hydrazone groups is 1. The Bertz CT molecular complexity index is 1430. The molecule has 0 saturated carbocycles. The first-order valence-electron chi connectivity index (χ1n) is 10.1. The van der Waals surface area contributed by atoms with Crippen molar-refractivity contribution in [1.82, 2.24) is 5.43 Å². The van der Waals surface area contributed by atoms with Crippen LogP contribution in [0.1, 0.15) is 15.2 Å². The van der Waals surface area contributed by atoms with Crippen LogP contribution in [0.4, 0.5) is 5.69 Å². The summed E-state index contributed by atoms with van der Waals surface area (Å²) in [6.45, 7) is -0.447. The number of rotatable bonds is 8. The van der Waals surface area contributed by atoms with E-state index in [-0.39, 0.29) is 11.4 Å². The Balaban J connectivity index is 1.30. The lowest BCUT2D eigenvalue weighted by atomic mass is 10.2. The van der Waals surface area contributed by atoms with E-state index in [0.717, 1.165) is 10.1 Å². The third kappa shape index (κ3) is 5.81. The highest BCUT2D eigenvalue weighted by atomic mass is 35.5. The van der Waals surface area contributed by atoms with Gasteiger partial charge in [0.15, 0.2) is 12.4 Å². The molecule has 1 amide bonds. The summed E-state index contributed by atoms with van der Waals surface area (Å²) in [6, 6.07) is 19.7. The molecular weight excluding hydrogens is 494 g/mol. The maximum atomic E-state index is 12.5. The largest absolute Gasteiger partial charge is 0.477 e. The molecule has 0 unspecified atom stereocenters. The number of nitrogens with one attached hydrogen (secondary N) is 1. The number of fused-ring (bicyclic) bond motifs is 1. The number of carbonyl (C=O) groups excluding carboxylic acids is 2. The molecule has 0 radical (unpaired) electrons. The van der Waals surface area contributed by atoms with Gasteiger partial charge in [0.2, 0.25) is 0 Å². The molecule has 4 rings (SSSR count). The Morgan fingerprint density at radius 1 is 1.06 bits per heavy atom. The first-order valence-corrected chi connectivity index (χ1v) is 11.3.